The van der Waals surface area contributed by atoms with Crippen LogP contribution in [0.3, 0.4) is 0 Å². The van der Waals surface area contributed by atoms with Gasteiger partial charge in [-0.1, -0.05) is 13.8 Å². The molecule has 0 radical (unpaired) electrons. The fourth-order valence-electron chi connectivity index (χ4n) is 2.74. The molecule has 0 bridgehead atoms. The van der Waals surface area contributed by atoms with E-state index in [0.717, 1.165) is 6.54 Å². The number of primary amides is 1. The molecule has 0 spiro atoms. The first kappa shape index (κ1) is 14.5. The highest BCUT2D eigenvalue weighted by atomic mass is 16.1. The number of amides is 1. The normalized spacial score (nSPS) is 25.5. The number of hydrogen-bond acceptors (Lipinski definition) is 3. The summed E-state index contributed by atoms with van der Waals surface area (Å²) in [6.07, 6.45) is 4.75. The Bertz CT molecular complexity index is 235. The maximum absolute atomic E-state index is 11.1. The van der Waals surface area contributed by atoms with Crippen LogP contribution in [0.4, 0.5) is 0 Å². The standard InChI is InChI=1S/C13H27N3O/c1-10(2)8-16(9-13(14)17)12-6-4-11(15-3)5-7-12/h10-12,15H,4-9H2,1-3H3,(H2,14,17). The third-order valence-corrected chi connectivity index (χ3v) is 3.58. The molecule has 100 valence electrons. The van der Waals surface area contributed by atoms with Gasteiger partial charge in [0.05, 0.1) is 6.54 Å². The van der Waals surface area contributed by atoms with Gasteiger partial charge in [-0.15, -0.1) is 0 Å². The summed E-state index contributed by atoms with van der Waals surface area (Å²) in [6, 6.07) is 1.19. The van der Waals surface area contributed by atoms with Crippen LogP contribution in [-0.4, -0.2) is 43.0 Å². The number of nitrogens with two attached hydrogens (primary N) is 1. The van der Waals surface area contributed by atoms with Crippen molar-refractivity contribution < 1.29 is 4.79 Å². The predicted molar refractivity (Wildman–Crippen MR) is 70.7 cm³/mol. The molecular weight excluding hydrogens is 214 g/mol. The fraction of sp³-hybridized carbons (Fsp3) is 0.923. The summed E-state index contributed by atoms with van der Waals surface area (Å²) >= 11 is 0. The number of carbonyl (C=O) groups excluding carboxylic acids is 1. The first-order valence-electron chi connectivity index (χ1n) is 6.72. The average Bonchev–Trinajstić information content (AvgIpc) is 2.27. The summed E-state index contributed by atoms with van der Waals surface area (Å²) in [5, 5.41) is 3.33. The van der Waals surface area contributed by atoms with Crippen molar-refractivity contribution in [1.29, 1.82) is 0 Å². The maximum Gasteiger partial charge on any atom is 0.231 e. The van der Waals surface area contributed by atoms with E-state index in [-0.39, 0.29) is 5.91 Å². The number of nitrogens with zero attached hydrogens (tertiary/aromatic N) is 1. The molecule has 0 heterocycles. The second-order valence-electron chi connectivity index (χ2n) is 5.58. The molecule has 4 heteroatoms. The molecule has 0 atom stereocenters. The van der Waals surface area contributed by atoms with Gasteiger partial charge < -0.3 is 11.1 Å². The smallest absolute Gasteiger partial charge is 0.231 e. The van der Waals surface area contributed by atoms with Gasteiger partial charge >= 0.3 is 0 Å². The zero-order chi connectivity index (χ0) is 12.8. The molecule has 0 saturated heterocycles. The highest BCUT2D eigenvalue weighted by Gasteiger charge is 2.26. The molecule has 0 aromatic rings. The van der Waals surface area contributed by atoms with Crippen LogP contribution in [0.5, 0.6) is 0 Å². The van der Waals surface area contributed by atoms with Crippen molar-refractivity contribution in [2.45, 2.75) is 51.6 Å². The molecule has 1 saturated carbocycles. The maximum atomic E-state index is 11.1. The van der Waals surface area contributed by atoms with E-state index < -0.39 is 0 Å². The Labute approximate surface area is 105 Å². The van der Waals surface area contributed by atoms with Crippen LogP contribution in [0, 0.1) is 5.92 Å². The first-order valence-corrected chi connectivity index (χ1v) is 6.72. The lowest BCUT2D eigenvalue weighted by Gasteiger charge is -2.37. The van der Waals surface area contributed by atoms with Gasteiger partial charge in [-0.2, -0.15) is 0 Å². The van der Waals surface area contributed by atoms with Crippen molar-refractivity contribution in [2.24, 2.45) is 11.7 Å². The Morgan fingerprint density at radius 2 is 1.94 bits per heavy atom. The molecule has 0 aromatic carbocycles. The summed E-state index contributed by atoms with van der Waals surface area (Å²) in [5.41, 5.74) is 5.34. The molecule has 1 amide bonds. The topological polar surface area (TPSA) is 58.4 Å². The Morgan fingerprint density at radius 1 is 1.35 bits per heavy atom. The number of nitrogens with one attached hydrogen (secondary N) is 1. The minimum Gasteiger partial charge on any atom is -0.369 e. The van der Waals surface area contributed by atoms with Crippen LogP contribution in [0.15, 0.2) is 0 Å². The Morgan fingerprint density at radius 3 is 2.35 bits per heavy atom. The molecule has 1 fully saturated rings. The van der Waals surface area contributed by atoms with Crippen molar-refractivity contribution in [3.8, 4) is 0 Å². The largest absolute Gasteiger partial charge is 0.369 e. The molecule has 0 aromatic heterocycles. The highest BCUT2D eigenvalue weighted by molar-refractivity contribution is 5.75. The summed E-state index contributed by atoms with van der Waals surface area (Å²) in [6.45, 7) is 5.76. The van der Waals surface area contributed by atoms with Gasteiger partial charge in [0.25, 0.3) is 0 Å². The molecule has 17 heavy (non-hydrogen) atoms. The fourth-order valence-corrected chi connectivity index (χ4v) is 2.74. The monoisotopic (exact) mass is 241 g/mol. The Hall–Kier alpha value is -0.610. The minimum absolute atomic E-state index is 0.207. The van der Waals surface area contributed by atoms with E-state index in [1.807, 2.05) is 7.05 Å². The third-order valence-electron chi connectivity index (χ3n) is 3.58. The quantitative estimate of drug-likeness (QED) is 0.728. The lowest BCUT2D eigenvalue weighted by atomic mass is 9.90. The van der Waals surface area contributed by atoms with Gasteiger partial charge in [-0.25, -0.2) is 0 Å². The van der Waals surface area contributed by atoms with Gasteiger partial charge in [-0.3, -0.25) is 9.69 Å². The molecule has 3 N–H and O–H groups in total. The van der Waals surface area contributed by atoms with Crippen molar-refractivity contribution in [3.63, 3.8) is 0 Å². The lowest BCUT2D eigenvalue weighted by molar-refractivity contribution is -0.120. The Kier molecular flexibility index (Phi) is 5.92. The SMILES string of the molecule is CNC1CCC(N(CC(N)=O)CC(C)C)CC1. The van der Waals surface area contributed by atoms with Crippen molar-refractivity contribution in [2.75, 3.05) is 20.1 Å². The van der Waals surface area contributed by atoms with Crippen LogP contribution < -0.4 is 11.1 Å². The first-order chi connectivity index (χ1) is 8.02. The zero-order valence-corrected chi connectivity index (χ0v) is 11.4. The second-order valence-corrected chi connectivity index (χ2v) is 5.58. The van der Waals surface area contributed by atoms with Crippen LogP contribution in [0.1, 0.15) is 39.5 Å². The molecule has 0 unspecified atom stereocenters. The number of carbonyl (C=O) groups is 1. The molecule has 1 aliphatic carbocycles. The summed E-state index contributed by atoms with van der Waals surface area (Å²) in [5.74, 6) is 0.373. The predicted octanol–water partition coefficient (Wildman–Crippen LogP) is 0.960. The highest BCUT2D eigenvalue weighted by Crippen LogP contribution is 2.23. The van der Waals surface area contributed by atoms with E-state index in [0.29, 0.717) is 24.5 Å². The molecule has 4 nitrogen and oxygen atoms in total. The van der Waals surface area contributed by atoms with E-state index in [1.165, 1.54) is 25.7 Å². The zero-order valence-electron chi connectivity index (χ0n) is 11.4. The van der Waals surface area contributed by atoms with Crippen LogP contribution in [0.25, 0.3) is 0 Å². The molecule has 1 rings (SSSR count). The third kappa shape index (κ3) is 5.04. The summed E-state index contributed by atoms with van der Waals surface area (Å²) < 4.78 is 0. The van der Waals surface area contributed by atoms with Crippen LogP contribution in [-0.2, 0) is 4.79 Å². The van der Waals surface area contributed by atoms with Crippen LogP contribution in [0.2, 0.25) is 0 Å². The lowest BCUT2D eigenvalue weighted by Crippen LogP contribution is -2.46. The molecule has 1 aliphatic rings. The molecular formula is C13H27N3O. The number of hydrogen-bond donors (Lipinski definition) is 2. The van der Waals surface area contributed by atoms with E-state index in [4.69, 9.17) is 5.73 Å². The van der Waals surface area contributed by atoms with Gasteiger partial charge in [0.15, 0.2) is 0 Å². The Balaban J connectivity index is 2.49. The second kappa shape index (κ2) is 6.97. The average molecular weight is 241 g/mol. The summed E-state index contributed by atoms with van der Waals surface area (Å²) in [4.78, 5) is 13.4. The van der Waals surface area contributed by atoms with Crippen molar-refractivity contribution in [1.82, 2.24) is 10.2 Å². The van der Waals surface area contributed by atoms with Crippen LogP contribution >= 0.6 is 0 Å². The number of rotatable bonds is 6. The van der Waals surface area contributed by atoms with Gasteiger partial charge in [0.1, 0.15) is 0 Å². The van der Waals surface area contributed by atoms with E-state index in [9.17, 15) is 4.79 Å². The van der Waals surface area contributed by atoms with E-state index in [2.05, 4.69) is 24.1 Å². The van der Waals surface area contributed by atoms with Crippen molar-refractivity contribution >= 4 is 5.91 Å². The molecule has 0 aliphatic heterocycles. The van der Waals surface area contributed by atoms with Gasteiger partial charge in [-0.05, 0) is 38.6 Å². The summed E-state index contributed by atoms with van der Waals surface area (Å²) in [7, 11) is 2.03. The minimum atomic E-state index is -0.207. The van der Waals surface area contributed by atoms with Gasteiger partial charge in [0.2, 0.25) is 5.91 Å². The van der Waals surface area contributed by atoms with E-state index >= 15 is 0 Å². The van der Waals surface area contributed by atoms with Crippen molar-refractivity contribution in [3.05, 3.63) is 0 Å². The van der Waals surface area contributed by atoms with E-state index in [1.54, 1.807) is 0 Å². The van der Waals surface area contributed by atoms with Gasteiger partial charge in [0, 0.05) is 18.6 Å².